The Bertz CT molecular complexity index is 230. The van der Waals surface area contributed by atoms with Gasteiger partial charge in [-0.05, 0) is 27.7 Å². The third-order valence-electron chi connectivity index (χ3n) is 3.02. The predicted octanol–water partition coefficient (Wildman–Crippen LogP) is 4.40. The van der Waals surface area contributed by atoms with Crippen molar-refractivity contribution in [2.24, 2.45) is 5.41 Å². The summed E-state index contributed by atoms with van der Waals surface area (Å²) in [5, 5.41) is 0. The van der Waals surface area contributed by atoms with Gasteiger partial charge in [-0.15, -0.1) is 0 Å². The molecule has 0 aliphatic carbocycles. The second-order valence-electron chi connectivity index (χ2n) is 6.58. The second kappa shape index (κ2) is 11.3. The van der Waals surface area contributed by atoms with Crippen LogP contribution >= 0.6 is 0 Å². The summed E-state index contributed by atoms with van der Waals surface area (Å²) < 4.78 is 5.25. The van der Waals surface area contributed by atoms with Crippen LogP contribution in [0.3, 0.4) is 0 Å². The van der Waals surface area contributed by atoms with Crippen molar-refractivity contribution in [3.63, 3.8) is 0 Å². The molecule has 0 bridgehead atoms. The van der Waals surface area contributed by atoms with E-state index in [-0.39, 0.29) is 18.6 Å². The Morgan fingerprint density at radius 3 is 1.40 bits per heavy atom. The third kappa shape index (κ3) is 12.6. The molecule has 0 radical (unpaired) electrons. The topological polar surface area (TPSA) is 29.5 Å². The molecule has 1 aliphatic heterocycles. The molecular formula is C17H39NO2. The number of ether oxygens (including phenoxy) is 1. The minimum Gasteiger partial charge on any atom is -0.379 e. The standard InChI is InChI=1S/C8H17NO.C6H12O.C2H6.CH4/c1-8(2,3)9-4-6-10-7-5-9;1-5(7)6(2,3)4;1-2;/h4-7H2,1-3H3;1-4H3;1-2H3;1H4. The summed E-state index contributed by atoms with van der Waals surface area (Å²) in [6, 6.07) is 0. The first-order chi connectivity index (χ1) is 8.55. The third-order valence-corrected chi connectivity index (χ3v) is 3.02. The largest absolute Gasteiger partial charge is 0.379 e. The minimum absolute atomic E-state index is 0. The molecule has 0 aromatic carbocycles. The van der Waals surface area contributed by atoms with Gasteiger partial charge in [0.25, 0.3) is 0 Å². The van der Waals surface area contributed by atoms with E-state index in [0.717, 1.165) is 26.3 Å². The van der Waals surface area contributed by atoms with Crippen LogP contribution in [-0.4, -0.2) is 42.5 Å². The van der Waals surface area contributed by atoms with Crippen LogP contribution in [0.4, 0.5) is 0 Å². The van der Waals surface area contributed by atoms with E-state index < -0.39 is 0 Å². The number of rotatable bonds is 0. The number of carbonyl (C=O) groups excluding carboxylic acids is 1. The maximum Gasteiger partial charge on any atom is 0.135 e. The average Bonchev–Trinajstić information content (AvgIpc) is 2.31. The van der Waals surface area contributed by atoms with Crippen LogP contribution in [0.1, 0.15) is 69.7 Å². The molecule has 0 amide bonds. The van der Waals surface area contributed by atoms with E-state index in [1.165, 1.54) is 0 Å². The van der Waals surface area contributed by atoms with Crippen LogP contribution in [0.15, 0.2) is 0 Å². The molecule has 124 valence electrons. The van der Waals surface area contributed by atoms with Gasteiger partial charge in [0, 0.05) is 24.0 Å². The first kappa shape index (κ1) is 24.6. The lowest BCUT2D eigenvalue weighted by Crippen LogP contribution is -2.47. The molecule has 0 N–H and O–H groups in total. The van der Waals surface area contributed by atoms with E-state index in [2.05, 4.69) is 25.7 Å². The summed E-state index contributed by atoms with van der Waals surface area (Å²) in [6.07, 6.45) is 0. The number of hydrogen-bond acceptors (Lipinski definition) is 3. The molecule has 0 unspecified atom stereocenters. The van der Waals surface area contributed by atoms with E-state index >= 15 is 0 Å². The maximum absolute atomic E-state index is 10.5. The highest BCUT2D eigenvalue weighted by atomic mass is 16.5. The van der Waals surface area contributed by atoms with Gasteiger partial charge in [0.15, 0.2) is 0 Å². The Hall–Kier alpha value is -0.410. The molecule has 0 aromatic rings. The normalized spacial score (nSPS) is 15.8. The molecule has 0 saturated carbocycles. The average molecular weight is 290 g/mol. The van der Waals surface area contributed by atoms with Crippen LogP contribution in [-0.2, 0) is 9.53 Å². The maximum atomic E-state index is 10.5. The lowest BCUT2D eigenvalue weighted by Gasteiger charge is -2.38. The number of ketones is 1. The van der Waals surface area contributed by atoms with Crippen molar-refractivity contribution in [3.8, 4) is 0 Å². The van der Waals surface area contributed by atoms with Gasteiger partial charge in [-0.25, -0.2) is 0 Å². The molecule has 3 heteroatoms. The molecular weight excluding hydrogens is 250 g/mol. The number of morpholine rings is 1. The molecule has 3 nitrogen and oxygen atoms in total. The minimum atomic E-state index is -0.139. The lowest BCUT2D eigenvalue weighted by atomic mass is 9.92. The summed E-state index contributed by atoms with van der Waals surface area (Å²) in [6.45, 7) is 22.1. The summed E-state index contributed by atoms with van der Waals surface area (Å²) in [4.78, 5) is 12.9. The molecule has 1 rings (SSSR count). The monoisotopic (exact) mass is 289 g/mol. The molecule has 0 aromatic heterocycles. The van der Waals surface area contributed by atoms with Crippen molar-refractivity contribution in [2.75, 3.05) is 26.3 Å². The fourth-order valence-corrected chi connectivity index (χ4v) is 1.23. The molecule has 1 aliphatic rings. The van der Waals surface area contributed by atoms with Crippen molar-refractivity contribution in [3.05, 3.63) is 0 Å². The van der Waals surface area contributed by atoms with Crippen LogP contribution in [0.2, 0.25) is 0 Å². The van der Waals surface area contributed by atoms with Gasteiger partial charge in [0.05, 0.1) is 13.2 Å². The zero-order valence-electron chi connectivity index (χ0n) is 14.6. The van der Waals surface area contributed by atoms with Crippen molar-refractivity contribution in [1.82, 2.24) is 4.90 Å². The van der Waals surface area contributed by atoms with Crippen LogP contribution in [0.25, 0.3) is 0 Å². The van der Waals surface area contributed by atoms with Crippen molar-refractivity contribution >= 4 is 5.78 Å². The SMILES string of the molecule is C.CC.CC(=O)C(C)(C)C.CC(C)(C)N1CCOCC1. The molecule has 1 fully saturated rings. The summed E-state index contributed by atoms with van der Waals surface area (Å²) in [5.41, 5.74) is 0.184. The van der Waals surface area contributed by atoms with E-state index in [1.54, 1.807) is 6.92 Å². The van der Waals surface area contributed by atoms with Gasteiger partial charge >= 0.3 is 0 Å². The van der Waals surface area contributed by atoms with E-state index in [4.69, 9.17) is 4.74 Å². The fourth-order valence-electron chi connectivity index (χ4n) is 1.23. The fraction of sp³-hybridized carbons (Fsp3) is 0.941. The quantitative estimate of drug-likeness (QED) is 0.662. The Morgan fingerprint density at radius 1 is 0.950 bits per heavy atom. The van der Waals surface area contributed by atoms with Gasteiger partial charge in [-0.2, -0.15) is 0 Å². The number of hydrogen-bond donors (Lipinski definition) is 0. The smallest absolute Gasteiger partial charge is 0.135 e. The van der Waals surface area contributed by atoms with Crippen molar-refractivity contribution in [2.45, 2.75) is 75.3 Å². The highest BCUT2D eigenvalue weighted by Gasteiger charge is 2.22. The van der Waals surface area contributed by atoms with E-state index in [1.807, 2.05) is 34.6 Å². The number of carbonyl (C=O) groups is 1. The Labute approximate surface area is 128 Å². The van der Waals surface area contributed by atoms with Crippen molar-refractivity contribution < 1.29 is 9.53 Å². The Kier molecular flexibility index (Phi) is 13.9. The second-order valence-corrected chi connectivity index (χ2v) is 6.58. The van der Waals surface area contributed by atoms with Crippen LogP contribution in [0.5, 0.6) is 0 Å². The first-order valence-electron chi connectivity index (χ1n) is 7.39. The van der Waals surface area contributed by atoms with Gasteiger partial charge in [-0.1, -0.05) is 42.0 Å². The van der Waals surface area contributed by atoms with Crippen LogP contribution in [0, 0.1) is 5.41 Å². The predicted molar refractivity (Wildman–Crippen MR) is 90.4 cm³/mol. The molecule has 20 heavy (non-hydrogen) atoms. The number of nitrogens with zero attached hydrogens (tertiary/aromatic N) is 1. The van der Waals surface area contributed by atoms with Crippen LogP contribution < -0.4 is 0 Å². The van der Waals surface area contributed by atoms with E-state index in [9.17, 15) is 4.79 Å². The van der Waals surface area contributed by atoms with Gasteiger partial charge in [0.2, 0.25) is 0 Å². The van der Waals surface area contributed by atoms with Gasteiger partial charge < -0.3 is 4.74 Å². The summed E-state index contributed by atoms with van der Waals surface area (Å²) in [7, 11) is 0. The zero-order valence-corrected chi connectivity index (χ0v) is 14.6. The first-order valence-corrected chi connectivity index (χ1v) is 7.39. The van der Waals surface area contributed by atoms with Gasteiger partial charge in [-0.3, -0.25) is 9.69 Å². The summed E-state index contributed by atoms with van der Waals surface area (Å²) >= 11 is 0. The molecule has 1 saturated heterocycles. The molecule has 0 spiro atoms. The Balaban J connectivity index is -0.000000258. The highest BCUT2D eigenvalue weighted by molar-refractivity contribution is 5.80. The van der Waals surface area contributed by atoms with E-state index in [0.29, 0.717) is 5.54 Å². The molecule has 1 heterocycles. The Morgan fingerprint density at radius 2 is 1.25 bits per heavy atom. The zero-order chi connectivity index (χ0) is 15.7. The number of Topliss-reactive ketones (excluding diaryl/α,β-unsaturated/α-hetero) is 1. The lowest BCUT2D eigenvalue weighted by molar-refractivity contribution is -0.124. The van der Waals surface area contributed by atoms with Gasteiger partial charge in [0.1, 0.15) is 5.78 Å². The summed E-state index contributed by atoms with van der Waals surface area (Å²) in [5.74, 6) is 0.243. The molecule has 0 atom stereocenters. The highest BCUT2D eigenvalue weighted by Crippen LogP contribution is 2.14. The van der Waals surface area contributed by atoms with Crippen molar-refractivity contribution in [1.29, 1.82) is 0 Å².